The second-order valence-electron chi connectivity index (χ2n) is 3.58. The molecule has 0 aliphatic rings. The van der Waals surface area contributed by atoms with Gasteiger partial charge in [-0.25, -0.2) is 9.59 Å². The van der Waals surface area contributed by atoms with Crippen LogP contribution in [0, 0.1) is 0 Å². The molecule has 0 aromatic heterocycles. The van der Waals surface area contributed by atoms with Crippen molar-refractivity contribution in [1.29, 1.82) is 0 Å². The van der Waals surface area contributed by atoms with Crippen molar-refractivity contribution in [3.8, 4) is 0 Å². The Labute approximate surface area is 110 Å². The number of rotatable bonds is 5. The van der Waals surface area contributed by atoms with E-state index in [0.717, 1.165) is 6.54 Å². The summed E-state index contributed by atoms with van der Waals surface area (Å²) in [5, 5.41) is 35.6. The number of hydrogen-bond donors (Lipinski definition) is 5. The highest BCUT2D eigenvalue weighted by molar-refractivity contribution is 5.83. The fourth-order valence-electron chi connectivity index (χ4n) is 1.07. The quantitative estimate of drug-likeness (QED) is 0.478. The Balaban J connectivity index is 0.000000342. The highest BCUT2D eigenvalue weighted by Crippen LogP contribution is 1.95. The maximum atomic E-state index is 9.77. The van der Waals surface area contributed by atoms with Crippen LogP contribution in [0.4, 0.5) is 0 Å². The van der Waals surface area contributed by atoms with Gasteiger partial charge in [-0.15, -0.1) is 0 Å². The third-order valence-electron chi connectivity index (χ3n) is 2.03. The third kappa shape index (κ3) is 7.14. The number of hydrogen-bond acceptors (Lipinski definition) is 5. The average Bonchev–Trinajstić information content (AvgIpc) is 2.39. The van der Waals surface area contributed by atoms with E-state index >= 15 is 0 Å². The van der Waals surface area contributed by atoms with E-state index in [1.165, 1.54) is 5.56 Å². The van der Waals surface area contributed by atoms with Crippen molar-refractivity contribution in [2.75, 3.05) is 7.05 Å². The van der Waals surface area contributed by atoms with Gasteiger partial charge in [0.05, 0.1) is 0 Å². The summed E-state index contributed by atoms with van der Waals surface area (Å²) in [7, 11) is 1.95. The first kappa shape index (κ1) is 17.0. The maximum absolute atomic E-state index is 9.77. The summed E-state index contributed by atoms with van der Waals surface area (Å²) in [5.74, 6) is -3.54. The molecule has 106 valence electrons. The lowest BCUT2D eigenvalue weighted by molar-refractivity contribution is -0.165. The van der Waals surface area contributed by atoms with Gasteiger partial charge in [0.2, 0.25) is 0 Å². The standard InChI is InChI=1S/C8H11N.C4H6O6/c1-9-7-8-5-3-2-4-6-8;5-1(3(7)8)2(6)4(9)10/h2-6,9H,7H2,1H3;1-2,5-6H,(H,7,8)(H,9,10). The molecule has 1 rings (SSSR count). The molecular formula is C12H17NO6. The van der Waals surface area contributed by atoms with E-state index in [1.807, 2.05) is 25.2 Å². The molecule has 0 saturated heterocycles. The first-order valence-corrected chi connectivity index (χ1v) is 5.40. The monoisotopic (exact) mass is 271 g/mol. The van der Waals surface area contributed by atoms with Gasteiger partial charge in [-0.3, -0.25) is 0 Å². The summed E-state index contributed by atoms with van der Waals surface area (Å²) >= 11 is 0. The van der Waals surface area contributed by atoms with Crippen molar-refractivity contribution in [1.82, 2.24) is 5.32 Å². The SMILES string of the molecule is CNCc1ccccc1.O=C(O)C(O)C(O)C(=O)O. The Morgan fingerprint density at radius 3 is 1.79 bits per heavy atom. The maximum Gasteiger partial charge on any atom is 0.335 e. The third-order valence-corrected chi connectivity index (χ3v) is 2.03. The Morgan fingerprint density at radius 2 is 1.47 bits per heavy atom. The van der Waals surface area contributed by atoms with Crippen molar-refractivity contribution in [2.45, 2.75) is 18.8 Å². The minimum Gasteiger partial charge on any atom is -0.479 e. The molecule has 1 aromatic carbocycles. The van der Waals surface area contributed by atoms with Gasteiger partial charge in [-0.1, -0.05) is 30.3 Å². The molecular weight excluding hydrogens is 254 g/mol. The minimum absolute atomic E-state index is 0.959. The summed E-state index contributed by atoms with van der Waals surface area (Å²) in [4.78, 5) is 19.5. The molecule has 5 N–H and O–H groups in total. The van der Waals surface area contributed by atoms with Crippen LogP contribution in [-0.2, 0) is 16.1 Å². The number of benzene rings is 1. The first-order chi connectivity index (χ1) is 8.90. The van der Waals surface area contributed by atoms with Crippen LogP contribution < -0.4 is 5.32 Å². The van der Waals surface area contributed by atoms with Gasteiger partial charge in [0.15, 0.2) is 12.2 Å². The second-order valence-corrected chi connectivity index (χ2v) is 3.58. The van der Waals surface area contributed by atoms with E-state index in [1.54, 1.807) is 0 Å². The Bertz CT molecular complexity index is 376. The van der Waals surface area contributed by atoms with E-state index in [0.29, 0.717) is 0 Å². The summed E-state index contributed by atoms with van der Waals surface area (Å²) in [6, 6.07) is 10.3. The molecule has 7 heteroatoms. The van der Waals surface area contributed by atoms with Gasteiger partial charge < -0.3 is 25.7 Å². The highest BCUT2D eigenvalue weighted by atomic mass is 16.4. The number of nitrogens with one attached hydrogen (secondary N) is 1. The lowest BCUT2D eigenvalue weighted by Crippen LogP contribution is -2.39. The summed E-state index contributed by atoms with van der Waals surface area (Å²) in [5.41, 5.74) is 1.33. The Hall–Kier alpha value is -1.96. The molecule has 0 aliphatic heterocycles. The highest BCUT2D eigenvalue weighted by Gasteiger charge is 2.29. The molecule has 2 atom stereocenters. The molecule has 2 unspecified atom stereocenters. The zero-order valence-electron chi connectivity index (χ0n) is 10.4. The van der Waals surface area contributed by atoms with E-state index in [4.69, 9.17) is 20.4 Å². The van der Waals surface area contributed by atoms with Gasteiger partial charge in [0, 0.05) is 6.54 Å². The molecule has 0 fully saturated rings. The van der Waals surface area contributed by atoms with E-state index < -0.39 is 24.1 Å². The Kier molecular flexibility index (Phi) is 8.10. The number of aliphatic carboxylic acids is 2. The van der Waals surface area contributed by atoms with Gasteiger partial charge in [-0.2, -0.15) is 0 Å². The molecule has 0 bridgehead atoms. The van der Waals surface area contributed by atoms with Gasteiger partial charge >= 0.3 is 11.9 Å². The van der Waals surface area contributed by atoms with Gasteiger partial charge in [0.1, 0.15) is 0 Å². The van der Waals surface area contributed by atoms with Crippen LogP contribution in [-0.4, -0.2) is 51.6 Å². The van der Waals surface area contributed by atoms with Crippen molar-refractivity contribution in [3.05, 3.63) is 35.9 Å². The largest absolute Gasteiger partial charge is 0.479 e. The molecule has 0 aliphatic carbocycles. The lowest BCUT2D eigenvalue weighted by atomic mass is 10.2. The fraction of sp³-hybridized carbons (Fsp3) is 0.333. The van der Waals surface area contributed by atoms with E-state index in [9.17, 15) is 9.59 Å². The van der Waals surface area contributed by atoms with Crippen molar-refractivity contribution in [3.63, 3.8) is 0 Å². The predicted molar refractivity (Wildman–Crippen MR) is 66.5 cm³/mol. The van der Waals surface area contributed by atoms with E-state index in [2.05, 4.69) is 17.4 Å². The zero-order valence-corrected chi connectivity index (χ0v) is 10.4. The molecule has 19 heavy (non-hydrogen) atoms. The molecule has 1 aromatic rings. The predicted octanol–water partition coefficient (Wildman–Crippen LogP) is -0.717. The Morgan fingerprint density at radius 1 is 1.05 bits per heavy atom. The summed E-state index contributed by atoms with van der Waals surface area (Å²) in [6.45, 7) is 0.959. The molecule has 0 amide bonds. The van der Waals surface area contributed by atoms with Crippen LogP contribution >= 0.6 is 0 Å². The van der Waals surface area contributed by atoms with Gasteiger partial charge in [-0.05, 0) is 12.6 Å². The summed E-state index contributed by atoms with van der Waals surface area (Å²) < 4.78 is 0. The van der Waals surface area contributed by atoms with E-state index in [-0.39, 0.29) is 0 Å². The second kappa shape index (κ2) is 9.03. The van der Waals surface area contributed by atoms with Crippen molar-refractivity contribution < 1.29 is 30.0 Å². The topological polar surface area (TPSA) is 127 Å². The summed E-state index contributed by atoms with van der Waals surface area (Å²) in [6.07, 6.45) is -4.53. The lowest BCUT2D eigenvalue weighted by Gasteiger charge is -2.07. The van der Waals surface area contributed by atoms with Crippen molar-refractivity contribution in [2.24, 2.45) is 0 Å². The molecule has 0 saturated carbocycles. The average molecular weight is 271 g/mol. The van der Waals surface area contributed by atoms with Crippen molar-refractivity contribution >= 4 is 11.9 Å². The molecule has 0 spiro atoms. The van der Waals surface area contributed by atoms with Crippen LogP contribution in [0.2, 0.25) is 0 Å². The van der Waals surface area contributed by atoms with Crippen LogP contribution in [0.3, 0.4) is 0 Å². The minimum atomic E-state index is -2.27. The number of carbonyl (C=O) groups is 2. The normalized spacial score (nSPS) is 12.8. The molecule has 0 heterocycles. The number of aliphatic hydroxyl groups excluding tert-OH is 2. The zero-order chi connectivity index (χ0) is 14.8. The van der Waals surface area contributed by atoms with Crippen LogP contribution in [0.1, 0.15) is 5.56 Å². The van der Waals surface area contributed by atoms with Crippen LogP contribution in [0.25, 0.3) is 0 Å². The number of carboxylic acids is 2. The van der Waals surface area contributed by atoms with Gasteiger partial charge in [0.25, 0.3) is 0 Å². The number of carboxylic acid groups (broad SMARTS) is 2. The van der Waals surface area contributed by atoms with Crippen LogP contribution in [0.5, 0.6) is 0 Å². The fourth-order valence-corrected chi connectivity index (χ4v) is 1.07. The first-order valence-electron chi connectivity index (χ1n) is 5.40. The van der Waals surface area contributed by atoms with Crippen LogP contribution in [0.15, 0.2) is 30.3 Å². The molecule has 0 radical (unpaired) electrons. The molecule has 7 nitrogen and oxygen atoms in total. The smallest absolute Gasteiger partial charge is 0.335 e. The number of aliphatic hydroxyl groups is 2.